The molecular formula is C19H23F2N7OS. The van der Waals surface area contributed by atoms with Gasteiger partial charge in [0.25, 0.3) is 6.43 Å². The normalized spacial score (nSPS) is 19.2. The fraction of sp³-hybridized carbons (Fsp3) is 0.474. The van der Waals surface area contributed by atoms with Crippen LogP contribution >= 0.6 is 0 Å². The Morgan fingerprint density at radius 3 is 2.90 bits per heavy atom. The number of fused-ring (bicyclic) bond motifs is 1. The smallest absolute Gasteiger partial charge is 0.282 e. The van der Waals surface area contributed by atoms with Crippen molar-refractivity contribution in [3.05, 3.63) is 36.4 Å². The van der Waals surface area contributed by atoms with Gasteiger partial charge in [-0.2, -0.15) is 5.10 Å². The zero-order chi connectivity index (χ0) is 21.3. The van der Waals surface area contributed by atoms with Crippen molar-refractivity contribution in [2.45, 2.75) is 19.3 Å². The second-order valence-electron chi connectivity index (χ2n) is 7.50. The second kappa shape index (κ2) is 8.21. The molecule has 4 heterocycles. The van der Waals surface area contributed by atoms with Gasteiger partial charge in [0.2, 0.25) is 0 Å². The Balaban J connectivity index is 1.62. The number of hydrogen-bond donors (Lipinski definition) is 0. The third-order valence-corrected chi connectivity index (χ3v) is 7.16. The van der Waals surface area contributed by atoms with Gasteiger partial charge in [0, 0.05) is 47.9 Å². The molecule has 4 rings (SSSR count). The molecule has 0 spiro atoms. The molecule has 2 atom stereocenters. The zero-order valence-corrected chi connectivity index (χ0v) is 17.6. The van der Waals surface area contributed by atoms with Crippen LogP contribution < -0.4 is 4.90 Å². The summed E-state index contributed by atoms with van der Waals surface area (Å²) in [4.78, 5) is 15.1. The van der Waals surface area contributed by atoms with E-state index in [4.69, 9.17) is 0 Å². The van der Waals surface area contributed by atoms with Crippen molar-refractivity contribution >= 4 is 21.2 Å². The van der Waals surface area contributed by atoms with Gasteiger partial charge in [0.1, 0.15) is 23.5 Å². The number of alkyl halides is 2. The van der Waals surface area contributed by atoms with Crippen molar-refractivity contribution in [2.24, 2.45) is 10.3 Å². The Labute approximate surface area is 173 Å². The van der Waals surface area contributed by atoms with Crippen LogP contribution in [0.15, 0.2) is 35.1 Å². The quantitative estimate of drug-likeness (QED) is 0.612. The van der Waals surface area contributed by atoms with Gasteiger partial charge < -0.3 is 4.90 Å². The van der Waals surface area contributed by atoms with Crippen LogP contribution in [0, 0.1) is 5.92 Å². The third kappa shape index (κ3) is 4.25. The Hall–Kier alpha value is -2.69. The first-order valence-electron chi connectivity index (χ1n) is 9.64. The lowest BCUT2D eigenvalue weighted by Gasteiger charge is -2.33. The molecule has 3 aromatic rings. The molecule has 0 aromatic carbocycles. The maximum absolute atomic E-state index is 13.1. The number of nitrogens with zero attached hydrogens (tertiary/aromatic N) is 7. The number of piperidine rings is 1. The molecule has 30 heavy (non-hydrogen) atoms. The Kier molecular flexibility index (Phi) is 5.63. The van der Waals surface area contributed by atoms with E-state index in [0.717, 1.165) is 31.7 Å². The van der Waals surface area contributed by atoms with E-state index in [-0.39, 0.29) is 11.6 Å². The minimum Gasteiger partial charge on any atom is -0.356 e. The third-order valence-electron chi connectivity index (χ3n) is 5.30. The van der Waals surface area contributed by atoms with Gasteiger partial charge >= 0.3 is 0 Å². The minimum atomic E-state index is -2.67. The molecule has 0 bridgehead atoms. The second-order valence-corrected chi connectivity index (χ2v) is 10.1. The molecule has 0 aliphatic carbocycles. The molecule has 1 saturated heterocycles. The molecule has 160 valence electrons. The van der Waals surface area contributed by atoms with E-state index in [9.17, 15) is 13.0 Å². The predicted octanol–water partition coefficient (Wildman–Crippen LogP) is 3.07. The monoisotopic (exact) mass is 435 g/mol. The van der Waals surface area contributed by atoms with E-state index in [2.05, 4.69) is 29.3 Å². The molecule has 0 amide bonds. The van der Waals surface area contributed by atoms with Crippen molar-refractivity contribution in [1.82, 2.24) is 24.6 Å². The summed E-state index contributed by atoms with van der Waals surface area (Å²) in [7, 11) is -0.569. The van der Waals surface area contributed by atoms with Crippen molar-refractivity contribution in [3.8, 4) is 11.4 Å². The Morgan fingerprint density at radius 2 is 2.13 bits per heavy atom. The van der Waals surface area contributed by atoms with E-state index >= 15 is 0 Å². The molecule has 2 unspecified atom stereocenters. The number of halogens is 2. The summed E-state index contributed by atoms with van der Waals surface area (Å²) in [6.07, 6.45) is 4.02. The summed E-state index contributed by atoms with van der Waals surface area (Å²) < 4.78 is 43.9. The van der Waals surface area contributed by atoms with Gasteiger partial charge in [-0.05, 0) is 30.9 Å². The summed E-state index contributed by atoms with van der Waals surface area (Å²) >= 11 is 0. The van der Waals surface area contributed by atoms with Crippen LogP contribution in [0.5, 0.6) is 0 Å². The van der Waals surface area contributed by atoms with Gasteiger partial charge in [-0.1, -0.05) is 0 Å². The highest BCUT2D eigenvalue weighted by Gasteiger charge is 2.24. The fourth-order valence-corrected chi connectivity index (χ4v) is 5.06. The summed E-state index contributed by atoms with van der Waals surface area (Å²) in [6.45, 7) is 1.57. The number of rotatable bonds is 5. The van der Waals surface area contributed by atoms with Crippen molar-refractivity contribution in [1.29, 1.82) is 0 Å². The lowest BCUT2D eigenvalue weighted by atomic mass is 10.00. The maximum Gasteiger partial charge on any atom is 0.282 e. The minimum absolute atomic E-state index is 0.268. The van der Waals surface area contributed by atoms with Crippen LogP contribution in [0.25, 0.3) is 17.0 Å². The highest BCUT2D eigenvalue weighted by Crippen LogP contribution is 2.26. The van der Waals surface area contributed by atoms with Crippen molar-refractivity contribution in [3.63, 3.8) is 0 Å². The number of imidazole rings is 1. The first kappa shape index (κ1) is 20.6. The van der Waals surface area contributed by atoms with E-state index in [1.54, 1.807) is 19.5 Å². The molecule has 0 radical (unpaired) electrons. The summed E-state index contributed by atoms with van der Waals surface area (Å²) in [5.74, 6) is 1.57. The highest BCUT2D eigenvalue weighted by molar-refractivity contribution is 7.92. The molecule has 1 aliphatic heterocycles. The van der Waals surface area contributed by atoms with E-state index in [1.807, 2.05) is 6.07 Å². The Morgan fingerprint density at radius 1 is 1.30 bits per heavy atom. The zero-order valence-electron chi connectivity index (χ0n) is 16.8. The average Bonchev–Trinajstić information content (AvgIpc) is 3.17. The molecule has 1 fully saturated rings. The topological polar surface area (TPSA) is 88.6 Å². The highest BCUT2D eigenvalue weighted by atomic mass is 32.2. The van der Waals surface area contributed by atoms with Crippen LogP contribution in [-0.2, 0) is 9.73 Å². The molecule has 11 heteroatoms. The maximum atomic E-state index is 13.1. The SMILES string of the molecule is CN=S(C)(=O)CC1CCCN(c2cc(-c3cnc4ccc(C(F)F)nn34)ncn2)C1. The van der Waals surface area contributed by atoms with E-state index in [0.29, 0.717) is 22.8 Å². The van der Waals surface area contributed by atoms with Crippen LogP contribution in [0.4, 0.5) is 14.6 Å². The number of aromatic nitrogens is 5. The predicted molar refractivity (Wildman–Crippen MR) is 111 cm³/mol. The summed E-state index contributed by atoms with van der Waals surface area (Å²) in [6, 6.07) is 4.59. The molecule has 0 saturated carbocycles. The van der Waals surface area contributed by atoms with E-state index < -0.39 is 16.2 Å². The van der Waals surface area contributed by atoms with Gasteiger partial charge in [0.05, 0.1) is 11.9 Å². The Bertz CT molecular complexity index is 1170. The molecule has 8 nitrogen and oxygen atoms in total. The van der Waals surface area contributed by atoms with Crippen LogP contribution in [0.3, 0.4) is 0 Å². The first-order chi connectivity index (χ1) is 14.4. The van der Waals surface area contributed by atoms with Crippen LogP contribution in [0.1, 0.15) is 25.0 Å². The van der Waals surface area contributed by atoms with Gasteiger partial charge in [-0.3, -0.25) is 4.21 Å². The summed E-state index contributed by atoms with van der Waals surface area (Å²) in [5, 5.41) is 4.00. The molecule has 0 N–H and O–H groups in total. The van der Waals surface area contributed by atoms with Crippen molar-refractivity contribution in [2.75, 3.05) is 37.0 Å². The lowest BCUT2D eigenvalue weighted by Crippen LogP contribution is -2.38. The number of hydrogen-bond acceptors (Lipinski definition) is 7. The van der Waals surface area contributed by atoms with E-state index in [1.165, 1.54) is 23.0 Å². The standard InChI is InChI=1S/C19H23F2N7OS/c1-22-30(2,29)11-13-4-3-7-27(10-13)18-8-15(24-12-25-18)16-9-23-17-6-5-14(19(20)21)26-28(16)17/h5-6,8-9,12-13,19H,3-4,7,10-11H2,1-2H3. The van der Waals surface area contributed by atoms with Gasteiger partial charge in [0.15, 0.2) is 5.65 Å². The lowest BCUT2D eigenvalue weighted by molar-refractivity contribution is 0.144. The largest absolute Gasteiger partial charge is 0.356 e. The first-order valence-corrected chi connectivity index (χ1v) is 11.7. The summed E-state index contributed by atoms with van der Waals surface area (Å²) in [5.41, 5.74) is 1.22. The van der Waals surface area contributed by atoms with Crippen LogP contribution in [0.2, 0.25) is 0 Å². The fourth-order valence-electron chi connectivity index (χ4n) is 3.76. The van der Waals surface area contributed by atoms with Gasteiger partial charge in [-0.25, -0.2) is 32.6 Å². The molecule has 1 aliphatic rings. The average molecular weight is 436 g/mol. The molecular weight excluding hydrogens is 412 g/mol. The molecule has 3 aromatic heterocycles. The van der Waals surface area contributed by atoms with Crippen molar-refractivity contribution < 1.29 is 13.0 Å². The van der Waals surface area contributed by atoms with Crippen LogP contribution in [-0.4, -0.2) is 60.9 Å². The van der Waals surface area contributed by atoms with Gasteiger partial charge in [-0.15, -0.1) is 0 Å². The number of anilines is 1.